The molecule has 0 bridgehead atoms. The zero-order valence-corrected chi connectivity index (χ0v) is 13.5. The van der Waals surface area contributed by atoms with E-state index in [4.69, 9.17) is 9.47 Å². The van der Waals surface area contributed by atoms with E-state index in [0.29, 0.717) is 12.8 Å². The summed E-state index contributed by atoms with van der Waals surface area (Å²) in [6.07, 6.45) is 3.52. The van der Waals surface area contributed by atoms with Crippen molar-refractivity contribution < 1.29 is 19.1 Å². The first kappa shape index (κ1) is 17.9. The summed E-state index contributed by atoms with van der Waals surface area (Å²) in [5.41, 5.74) is 0. The Morgan fingerprint density at radius 3 is 1.57 bits per heavy atom. The standard InChI is InChI=1S/C15H28N2O4/c1-5-7-9-15(10-8-6-2)20-11(13(18)16-3)12(21-15)14(19)17-4/h11-12H,5-10H2,1-4H3,(H,16,18)(H,17,19)/t11-,12-/m1/s1. The van der Waals surface area contributed by atoms with E-state index < -0.39 is 18.0 Å². The number of carbonyl (C=O) groups is 2. The van der Waals surface area contributed by atoms with Gasteiger partial charge in [-0.15, -0.1) is 0 Å². The lowest BCUT2D eigenvalue weighted by Crippen LogP contribution is -2.46. The number of carbonyl (C=O) groups excluding carboxylic acids is 2. The molecule has 0 aromatic rings. The molecule has 0 radical (unpaired) electrons. The zero-order valence-electron chi connectivity index (χ0n) is 13.5. The minimum atomic E-state index is -0.885. The summed E-state index contributed by atoms with van der Waals surface area (Å²) in [4.78, 5) is 24.0. The Hall–Kier alpha value is -1.14. The van der Waals surface area contributed by atoms with Gasteiger partial charge in [0, 0.05) is 26.9 Å². The van der Waals surface area contributed by atoms with E-state index in [1.165, 1.54) is 14.1 Å². The van der Waals surface area contributed by atoms with Crippen molar-refractivity contribution in [1.29, 1.82) is 0 Å². The molecule has 1 saturated heterocycles. The fourth-order valence-corrected chi connectivity index (χ4v) is 2.53. The quantitative estimate of drug-likeness (QED) is 0.709. The number of unbranched alkanes of at least 4 members (excludes halogenated alkanes) is 2. The highest BCUT2D eigenvalue weighted by molar-refractivity contribution is 5.91. The Balaban J connectivity index is 2.94. The van der Waals surface area contributed by atoms with Crippen LogP contribution in [-0.4, -0.2) is 43.9 Å². The maximum absolute atomic E-state index is 12.0. The molecule has 1 rings (SSSR count). The van der Waals surface area contributed by atoms with Gasteiger partial charge >= 0.3 is 0 Å². The number of amides is 2. The number of nitrogens with one attached hydrogen (secondary N) is 2. The molecule has 21 heavy (non-hydrogen) atoms. The molecule has 0 aromatic heterocycles. The molecule has 0 unspecified atom stereocenters. The fourth-order valence-electron chi connectivity index (χ4n) is 2.53. The van der Waals surface area contributed by atoms with Gasteiger partial charge < -0.3 is 20.1 Å². The van der Waals surface area contributed by atoms with Crippen LogP contribution in [0.4, 0.5) is 0 Å². The third-order valence-corrected chi connectivity index (χ3v) is 3.79. The summed E-state index contributed by atoms with van der Waals surface area (Å²) in [7, 11) is 3.06. The van der Waals surface area contributed by atoms with Gasteiger partial charge in [0.05, 0.1) is 0 Å². The van der Waals surface area contributed by atoms with E-state index >= 15 is 0 Å². The third-order valence-electron chi connectivity index (χ3n) is 3.79. The molecule has 2 amide bonds. The lowest BCUT2D eigenvalue weighted by Gasteiger charge is -2.28. The first-order chi connectivity index (χ1) is 10.0. The van der Waals surface area contributed by atoms with Crippen molar-refractivity contribution in [1.82, 2.24) is 10.6 Å². The third kappa shape index (κ3) is 4.41. The van der Waals surface area contributed by atoms with Crippen LogP contribution in [0.1, 0.15) is 52.4 Å². The largest absolute Gasteiger partial charge is 0.357 e. The summed E-state index contributed by atoms with van der Waals surface area (Å²) in [5, 5.41) is 5.08. The van der Waals surface area contributed by atoms with Gasteiger partial charge in [-0.1, -0.05) is 26.7 Å². The molecule has 6 heteroatoms. The molecule has 6 nitrogen and oxygen atoms in total. The van der Waals surface area contributed by atoms with Gasteiger partial charge in [-0.25, -0.2) is 0 Å². The second kappa shape index (κ2) is 8.34. The van der Waals surface area contributed by atoms with E-state index in [0.717, 1.165) is 25.7 Å². The summed E-state index contributed by atoms with van der Waals surface area (Å²) >= 11 is 0. The van der Waals surface area contributed by atoms with Crippen LogP contribution in [0.2, 0.25) is 0 Å². The van der Waals surface area contributed by atoms with Gasteiger partial charge in [0.25, 0.3) is 11.8 Å². The number of hydrogen-bond donors (Lipinski definition) is 2. The average Bonchev–Trinajstić information content (AvgIpc) is 2.89. The highest BCUT2D eigenvalue weighted by Gasteiger charge is 2.52. The highest BCUT2D eigenvalue weighted by atomic mass is 16.8. The first-order valence-electron chi connectivity index (χ1n) is 7.82. The number of rotatable bonds is 8. The lowest BCUT2D eigenvalue weighted by molar-refractivity contribution is -0.189. The Morgan fingerprint density at radius 2 is 1.29 bits per heavy atom. The van der Waals surface area contributed by atoms with Crippen LogP contribution in [0.15, 0.2) is 0 Å². The monoisotopic (exact) mass is 300 g/mol. The van der Waals surface area contributed by atoms with E-state index in [1.54, 1.807) is 0 Å². The van der Waals surface area contributed by atoms with Crippen molar-refractivity contribution in [2.24, 2.45) is 0 Å². The Morgan fingerprint density at radius 1 is 0.905 bits per heavy atom. The number of hydrogen-bond acceptors (Lipinski definition) is 4. The minimum Gasteiger partial charge on any atom is -0.357 e. The molecule has 1 heterocycles. The summed E-state index contributed by atoms with van der Waals surface area (Å²) < 4.78 is 11.9. The molecule has 0 spiro atoms. The minimum absolute atomic E-state index is 0.321. The molecule has 0 saturated carbocycles. The Bertz CT molecular complexity index is 326. The Kier molecular flexibility index (Phi) is 7.11. The topological polar surface area (TPSA) is 76.7 Å². The van der Waals surface area contributed by atoms with Crippen molar-refractivity contribution >= 4 is 11.8 Å². The lowest BCUT2D eigenvalue weighted by atomic mass is 10.0. The second-order valence-electron chi connectivity index (χ2n) is 5.42. The molecule has 2 N–H and O–H groups in total. The maximum atomic E-state index is 12.0. The van der Waals surface area contributed by atoms with Gasteiger partial charge in [0.2, 0.25) is 0 Å². The molecule has 1 aliphatic rings. The van der Waals surface area contributed by atoms with Gasteiger partial charge in [-0.05, 0) is 12.8 Å². The van der Waals surface area contributed by atoms with Crippen LogP contribution in [0.3, 0.4) is 0 Å². The number of ether oxygens (including phenoxy) is 2. The van der Waals surface area contributed by atoms with Gasteiger partial charge in [-0.2, -0.15) is 0 Å². The van der Waals surface area contributed by atoms with Gasteiger partial charge in [0.15, 0.2) is 18.0 Å². The predicted molar refractivity (Wildman–Crippen MR) is 79.7 cm³/mol. The molecule has 0 aromatic carbocycles. The molecule has 2 atom stereocenters. The van der Waals surface area contributed by atoms with Crippen LogP contribution >= 0.6 is 0 Å². The molecular weight excluding hydrogens is 272 g/mol. The molecule has 1 aliphatic heterocycles. The smallest absolute Gasteiger partial charge is 0.252 e. The Labute approximate surface area is 126 Å². The van der Waals surface area contributed by atoms with Crippen LogP contribution in [-0.2, 0) is 19.1 Å². The first-order valence-corrected chi connectivity index (χ1v) is 7.82. The molecular formula is C15H28N2O4. The SMILES string of the molecule is CCCCC1(CCCC)O[C@@H](C(=O)NC)[C@H](C(=O)NC)O1. The van der Waals surface area contributed by atoms with E-state index in [2.05, 4.69) is 24.5 Å². The van der Waals surface area contributed by atoms with Crippen molar-refractivity contribution in [2.75, 3.05) is 14.1 Å². The van der Waals surface area contributed by atoms with Gasteiger partial charge in [-0.3, -0.25) is 9.59 Å². The summed E-state index contributed by atoms with van der Waals surface area (Å²) in [6.45, 7) is 4.18. The molecule has 0 aliphatic carbocycles. The molecule has 122 valence electrons. The zero-order chi connectivity index (χ0) is 15.9. The predicted octanol–water partition coefficient (Wildman–Crippen LogP) is 1.34. The highest BCUT2D eigenvalue weighted by Crippen LogP contribution is 2.37. The summed E-state index contributed by atoms with van der Waals surface area (Å²) in [5.74, 6) is -1.46. The van der Waals surface area contributed by atoms with Crippen molar-refractivity contribution in [3.8, 4) is 0 Å². The van der Waals surface area contributed by atoms with E-state index in [1.807, 2.05) is 0 Å². The average molecular weight is 300 g/mol. The van der Waals surface area contributed by atoms with Crippen molar-refractivity contribution in [3.05, 3.63) is 0 Å². The van der Waals surface area contributed by atoms with Crippen LogP contribution in [0, 0.1) is 0 Å². The van der Waals surface area contributed by atoms with Crippen LogP contribution < -0.4 is 10.6 Å². The fraction of sp³-hybridized carbons (Fsp3) is 0.867. The second-order valence-corrected chi connectivity index (χ2v) is 5.42. The van der Waals surface area contributed by atoms with E-state index in [9.17, 15) is 9.59 Å². The van der Waals surface area contributed by atoms with Crippen LogP contribution in [0.5, 0.6) is 0 Å². The van der Waals surface area contributed by atoms with E-state index in [-0.39, 0.29) is 11.8 Å². The van der Waals surface area contributed by atoms with Crippen molar-refractivity contribution in [2.45, 2.75) is 70.4 Å². The number of likely N-dealkylation sites (N-methyl/N-ethyl adjacent to an activating group) is 2. The van der Waals surface area contributed by atoms with Crippen molar-refractivity contribution in [3.63, 3.8) is 0 Å². The maximum Gasteiger partial charge on any atom is 0.252 e. The van der Waals surface area contributed by atoms with Gasteiger partial charge in [0.1, 0.15) is 0 Å². The van der Waals surface area contributed by atoms with Crippen LogP contribution in [0.25, 0.3) is 0 Å². The molecule has 1 fully saturated rings. The summed E-state index contributed by atoms with van der Waals surface area (Å²) in [6, 6.07) is 0. The normalized spacial score (nSPS) is 23.8.